The normalized spacial score (nSPS) is 23.9. The molecule has 0 N–H and O–H groups in total. The Balaban J connectivity index is 2.11. The highest BCUT2D eigenvalue weighted by Gasteiger charge is 2.37. The topological polar surface area (TPSA) is 46.6 Å². The molecule has 1 aliphatic carbocycles. The van der Waals surface area contributed by atoms with Gasteiger partial charge in [-0.1, -0.05) is 28.8 Å². The minimum atomic E-state index is -3.15. The van der Waals surface area contributed by atoms with Crippen LogP contribution in [-0.4, -0.2) is 49.1 Å². The van der Waals surface area contributed by atoms with Crippen molar-refractivity contribution in [2.75, 3.05) is 25.1 Å². The SMILES string of the molecule is O=S(=O)(C1CCOCC1)N(CCBr)C1CCCC1. The number of hydrogen-bond donors (Lipinski definition) is 0. The zero-order valence-electron chi connectivity index (χ0n) is 10.7. The van der Waals surface area contributed by atoms with E-state index in [0.717, 1.165) is 25.7 Å². The monoisotopic (exact) mass is 339 g/mol. The van der Waals surface area contributed by atoms with Crippen molar-refractivity contribution >= 4 is 26.0 Å². The number of sulfonamides is 1. The third-order valence-corrected chi connectivity index (χ3v) is 6.76. The Morgan fingerprint density at radius 3 is 2.28 bits per heavy atom. The van der Waals surface area contributed by atoms with E-state index < -0.39 is 10.0 Å². The first-order valence-electron chi connectivity index (χ1n) is 6.80. The molecule has 1 aliphatic heterocycles. The van der Waals surface area contributed by atoms with Crippen LogP contribution < -0.4 is 0 Å². The van der Waals surface area contributed by atoms with E-state index in [1.165, 1.54) is 0 Å². The maximum absolute atomic E-state index is 12.7. The highest BCUT2D eigenvalue weighted by Crippen LogP contribution is 2.29. The van der Waals surface area contributed by atoms with Crippen molar-refractivity contribution in [2.24, 2.45) is 0 Å². The first-order valence-corrected chi connectivity index (χ1v) is 9.43. The summed E-state index contributed by atoms with van der Waals surface area (Å²) in [4.78, 5) is 0. The molecule has 0 bridgehead atoms. The Bertz CT molecular complexity index is 348. The second-order valence-corrected chi connectivity index (χ2v) is 8.05. The van der Waals surface area contributed by atoms with Gasteiger partial charge in [-0.25, -0.2) is 8.42 Å². The summed E-state index contributed by atoms with van der Waals surface area (Å²) in [6, 6.07) is 0.232. The van der Waals surface area contributed by atoms with E-state index >= 15 is 0 Å². The number of ether oxygens (including phenoxy) is 1. The largest absolute Gasteiger partial charge is 0.381 e. The summed E-state index contributed by atoms with van der Waals surface area (Å²) in [6.07, 6.45) is 5.66. The van der Waals surface area contributed by atoms with Gasteiger partial charge < -0.3 is 4.74 Å². The molecular formula is C12H22BrNO3S. The molecule has 0 aromatic rings. The lowest BCUT2D eigenvalue weighted by molar-refractivity contribution is 0.0968. The molecule has 0 atom stereocenters. The predicted molar refractivity (Wildman–Crippen MR) is 75.5 cm³/mol. The van der Waals surface area contributed by atoms with Gasteiger partial charge in [0, 0.05) is 31.1 Å². The molecule has 2 aliphatic rings. The van der Waals surface area contributed by atoms with Gasteiger partial charge in [0.25, 0.3) is 0 Å². The van der Waals surface area contributed by atoms with Crippen molar-refractivity contribution in [3.8, 4) is 0 Å². The molecule has 0 spiro atoms. The van der Waals surface area contributed by atoms with Crippen LogP contribution in [0.3, 0.4) is 0 Å². The average Bonchev–Trinajstić information content (AvgIpc) is 2.90. The molecule has 2 rings (SSSR count). The number of halogens is 1. The van der Waals surface area contributed by atoms with Gasteiger partial charge >= 0.3 is 0 Å². The fourth-order valence-electron chi connectivity index (χ4n) is 2.96. The Morgan fingerprint density at radius 1 is 1.11 bits per heavy atom. The fraction of sp³-hybridized carbons (Fsp3) is 1.00. The molecule has 106 valence electrons. The van der Waals surface area contributed by atoms with Crippen LogP contribution in [0, 0.1) is 0 Å². The van der Waals surface area contributed by atoms with E-state index in [4.69, 9.17) is 4.74 Å². The molecule has 0 aromatic heterocycles. The summed E-state index contributed by atoms with van der Waals surface area (Å²) < 4.78 is 32.5. The minimum absolute atomic E-state index is 0.231. The van der Waals surface area contributed by atoms with Crippen molar-refractivity contribution in [2.45, 2.75) is 49.8 Å². The lowest BCUT2D eigenvalue weighted by Gasteiger charge is -2.33. The first kappa shape index (κ1) is 14.8. The van der Waals surface area contributed by atoms with Crippen LogP contribution in [0.2, 0.25) is 0 Å². The third-order valence-electron chi connectivity index (χ3n) is 3.95. The maximum atomic E-state index is 12.7. The highest BCUT2D eigenvalue weighted by atomic mass is 79.9. The fourth-order valence-corrected chi connectivity index (χ4v) is 5.72. The number of nitrogens with zero attached hydrogens (tertiary/aromatic N) is 1. The van der Waals surface area contributed by atoms with E-state index in [9.17, 15) is 8.42 Å². The van der Waals surface area contributed by atoms with Gasteiger partial charge in [-0.2, -0.15) is 4.31 Å². The summed E-state index contributed by atoms with van der Waals surface area (Å²) >= 11 is 3.38. The second-order valence-electron chi connectivity index (χ2n) is 5.09. The van der Waals surface area contributed by atoms with E-state index in [2.05, 4.69) is 15.9 Å². The Hall–Kier alpha value is 0.350. The summed E-state index contributed by atoms with van der Waals surface area (Å²) in [7, 11) is -3.15. The molecular weight excluding hydrogens is 318 g/mol. The number of hydrogen-bond acceptors (Lipinski definition) is 3. The summed E-state index contributed by atoms with van der Waals surface area (Å²) in [5.41, 5.74) is 0. The zero-order valence-corrected chi connectivity index (χ0v) is 13.1. The smallest absolute Gasteiger partial charge is 0.217 e. The van der Waals surface area contributed by atoms with E-state index in [1.54, 1.807) is 4.31 Å². The third kappa shape index (κ3) is 3.26. The molecule has 0 radical (unpaired) electrons. The van der Waals surface area contributed by atoms with Crippen LogP contribution in [0.5, 0.6) is 0 Å². The van der Waals surface area contributed by atoms with Crippen molar-refractivity contribution in [1.29, 1.82) is 0 Å². The van der Waals surface area contributed by atoms with Gasteiger partial charge in [0.1, 0.15) is 0 Å². The summed E-state index contributed by atoms with van der Waals surface area (Å²) in [5, 5.41) is 0.484. The molecule has 0 aromatic carbocycles. The van der Waals surface area contributed by atoms with Crippen molar-refractivity contribution < 1.29 is 13.2 Å². The van der Waals surface area contributed by atoms with Gasteiger partial charge in [0.2, 0.25) is 10.0 Å². The lowest BCUT2D eigenvalue weighted by Crippen LogP contribution is -2.46. The number of alkyl halides is 1. The second kappa shape index (κ2) is 6.68. The molecule has 6 heteroatoms. The first-order chi connectivity index (χ1) is 8.66. The predicted octanol–water partition coefficient (Wildman–Crippen LogP) is 2.13. The number of rotatable bonds is 5. The van der Waals surface area contributed by atoms with Crippen LogP contribution >= 0.6 is 15.9 Å². The van der Waals surface area contributed by atoms with Gasteiger partial charge in [-0.3, -0.25) is 0 Å². The van der Waals surface area contributed by atoms with E-state index in [-0.39, 0.29) is 11.3 Å². The lowest BCUT2D eigenvalue weighted by atomic mass is 10.2. The molecule has 2 fully saturated rings. The van der Waals surface area contributed by atoms with Gasteiger partial charge in [0.05, 0.1) is 5.25 Å². The van der Waals surface area contributed by atoms with Crippen LogP contribution in [0.4, 0.5) is 0 Å². The van der Waals surface area contributed by atoms with Crippen LogP contribution in [0.1, 0.15) is 38.5 Å². The molecule has 1 saturated heterocycles. The van der Waals surface area contributed by atoms with Crippen LogP contribution in [0.25, 0.3) is 0 Å². The van der Waals surface area contributed by atoms with E-state index in [1.807, 2.05) is 0 Å². The highest BCUT2D eigenvalue weighted by molar-refractivity contribution is 9.09. The zero-order chi connectivity index (χ0) is 13.0. The molecule has 1 heterocycles. The quantitative estimate of drug-likeness (QED) is 0.721. The van der Waals surface area contributed by atoms with Gasteiger partial charge in [-0.05, 0) is 25.7 Å². The minimum Gasteiger partial charge on any atom is -0.381 e. The Morgan fingerprint density at radius 2 is 1.72 bits per heavy atom. The van der Waals surface area contributed by atoms with Crippen molar-refractivity contribution in [3.05, 3.63) is 0 Å². The summed E-state index contributed by atoms with van der Waals surface area (Å²) in [6.45, 7) is 1.76. The van der Waals surface area contributed by atoms with Gasteiger partial charge in [-0.15, -0.1) is 0 Å². The van der Waals surface area contributed by atoms with Crippen LogP contribution in [0.15, 0.2) is 0 Å². The average molecular weight is 340 g/mol. The standard InChI is InChI=1S/C12H22BrNO3S/c13-7-8-14(11-3-1-2-4-11)18(15,16)12-5-9-17-10-6-12/h11-12H,1-10H2. The molecule has 0 unspecified atom stereocenters. The Labute approximate surface area is 118 Å². The molecule has 4 nitrogen and oxygen atoms in total. The molecule has 18 heavy (non-hydrogen) atoms. The molecule has 0 amide bonds. The molecule has 1 saturated carbocycles. The van der Waals surface area contributed by atoms with E-state index in [0.29, 0.717) is 37.9 Å². The van der Waals surface area contributed by atoms with Gasteiger partial charge in [0.15, 0.2) is 0 Å². The van der Waals surface area contributed by atoms with Crippen LogP contribution in [-0.2, 0) is 14.8 Å². The summed E-state index contributed by atoms with van der Waals surface area (Å²) in [5.74, 6) is 0. The van der Waals surface area contributed by atoms with Crippen molar-refractivity contribution in [1.82, 2.24) is 4.31 Å². The maximum Gasteiger partial charge on any atom is 0.217 e. The Kier molecular flexibility index (Phi) is 5.47. The van der Waals surface area contributed by atoms with Crippen molar-refractivity contribution in [3.63, 3.8) is 0 Å².